The fraction of sp³-hybridized carbons (Fsp3) is 0.348. The minimum Gasteiger partial charge on any atom is -0.349 e. The van der Waals surface area contributed by atoms with Gasteiger partial charge in [0.25, 0.3) is 0 Å². The fourth-order valence-corrected chi connectivity index (χ4v) is 4.58. The Morgan fingerprint density at radius 2 is 2.03 bits per heavy atom. The molecule has 3 aromatic rings. The van der Waals surface area contributed by atoms with Crippen LogP contribution in [0.2, 0.25) is 5.02 Å². The van der Waals surface area contributed by atoms with Crippen LogP contribution >= 0.6 is 23.4 Å². The van der Waals surface area contributed by atoms with Crippen molar-refractivity contribution in [3.05, 3.63) is 70.0 Å². The Morgan fingerprint density at radius 1 is 1.20 bits per heavy atom. The minimum absolute atomic E-state index is 0.104. The molecule has 0 unspecified atom stereocenters. The lowest BCUT2D eigenvalue weighted by Crippen LogP contribution is -2.34. The molecule has 0 atom stereocenters. The van der Waals surface area contributed by atoms with Gasteiger partial charge in [0, 0.05) is 16.7 Å². The Bertz CT molecular complexity index is 1060. The van der Waals surface area contributed by atoms with Gasteiger partial charge in [-0.05, 0) is 49.9 Å². The summed E-state index contributed by atoms with van der Waals surface area (Å²) in [5.74, 6) is 1.74. The number of carbonyl (C=O) groups excluding carboxylic acids is 1. The molecule has 1 amide bonds. The second-order valence-corrected chi connectivity index (χ2v) is 9.17. The van der Waals surface area contributed by atoms with Gasteiger partial charge in [-0.15, -0.1) is 10.2 Å². The molecule has 0 bridgehead atoms. The third kappa shape index (κ3) is 4.71. The minimum atomic E-state index is 0.104. The van der Waals surface area contributed by atoms with Crippen LogP contribution in [0.3, 0.4) is 0 Å². The number of hydrogen-bond acceptors (Lipinski definition) is 4. The number of carbonyl (C=O) groups is 1. The molecule has 1 heterocycles. The third-order valence-corrected chi connectivity index (χ3v) is 6.69. The molecular weight excluding hydrogens is 416 g/mol. The molecule has 2 aromatic carbocycles. The molecule has 4 rings (SSSR count). The summed E-state index contributed by atoms with van der Waals surface area (Å²) in [6.07, 6.45) is 3.09. The summed E-state index contributed by atoms with van der Waals surface area (Å²) < 4.78 is 2.02. The number of thioether (sulfide) groups is 1. The SMILES string of the molecule is Cc1cccc(CSc2nnc(CNC(=O)C3CCC3)n2-c2cc(Cl)ccc2C)c1. The lowest BCUT2D eigenvalue weighted by molar-refractivity contribution is -0.127. The zero-order chi connectivity index (χ0) is 21.1. The number of rotatable bonds is 7. The average molecular weight is 441 g/mol. The standard InChI is InChI=1S/C23H25ClN4OS/c1-15-5-3-6-17(11-15)14-30-23-27-26-21(13-25-22(29)18-7-4-8-18)28(23)20-12-19(24)10-9-16(20)2/h3,5-6,9-12,18H,4,7-8,13-14H2,1-2H3,(H,25,29). The van der Waals surface area contributed by atoms with Gasteiger partial charge in [0.05, 0.1) is 12.2 Å². The lowest BCUT2D eigenvalue weighted by Gasteiger charge is -2.24. The number of amides is 1. The first-order chi connectivity index (χ1) is 14.5. The van der Waals surface area contributed by atoms with Crippen LogP contribution in [0.25, 0.3) is 5.69 Å². The van der Waals surface area contributed by atoms with E-state index in [0.717, 1.165) is 41.4 Å². The van der Waals surface area contributed by atoms with E-state index in [1.54, 1.807) is 11.8 Å². The molecule has 30 heavy (non-hydrogen) atoms. The number of nitrogens with one attached hydrogen (secondary N) is 1. The predicted octanol–water partition coefficient (Wildman–Crippen LogP) is 5.25. The summed E-state index contributed by atoms with van der Waals surface area (Å²) in [5, 5.41) is 13.3. The van der Waals surface area contributed by atoms with Gasteiger partial charge in [-0.25, -0.2) is 0 Å². The maximum Gasteiger partial charge on any atom is 0.223 e. The number of aromatic nitrogens is 3. The van der Waals surface area contributed by atoms with Crippen molar-refractivity contribution in [3.8, 4) is 5.69 Å². The van der Waals surface area contributed by atoms with E-state index in [2.05, 4.69) is 46.7 Å². The van der Waals surface area contributed by atoms with Crippen LogP contribution < -0.4 is 5.32 Å². The molecule has 1 saturated carbocycles. The summed E-state index contributed by atoms with van der Waals surface area (Å²) in [7, 11) is 0. The van der Waals surface area contributed by atoms with Gasteiger partial charge >= 0.3 is 0 Å². The summed E-state index contributed by atoms with van der Waals surface area (Å²) in [6, 6.07) is 14.2. The number of benzene rings is 2. The lowest BCUT2D eigenvalue weighted by atomic mass is 9.85. The van der Waals surface area contributed by atoms with E-state index in [0.29, 0.717) is 17.4 Å². The Kier molecular flexibility index (Phi) is 6.44. The zero-order valence-corrected chi connectivity index (χ0v) is 18.8. The Labute approximate surface area is 186 Å². The van der Waals surface area contributed by atoms with Gasteiger partial charge in [-0.3, -0.25) is 9.36 Å². The predicted molar refractivity (Wildman–Crippen MR) is 121 cm³/mol. The van der Waals surface area contributed by atoms with Crippen LogP contribution in [0, 0.1) is 19.8 Å². The van der Waals surface area contributed by atoms with Crippen molar-refractivity contribution >= 4 is 29.3 Å². The average Bonchev–Trinajstić information content (AvgIpc) is 3.08. The van der Waals surface area contributed by atoms with Crippen molar-refractivity contribution in [2.24, 2.45) is 5.92 Å². The number of nitrogens with zero attached hydrogens (tertiary/aromatic N) is 3. The van der Waals surface area contributed by atoms with Gasteiger partial charge in [-0.1, -0.05) is 65.7 Å². The number of hydrogen-bond donors (Lipinski definition) is 1. The maximum atomic E-state index is 12.3. The van der Waals surface area contributed by atoms with Crippen LogP contribution in [-0.4, -0.2) is 20.7 Å². The molecule has 1 fully saturated rings. The van der Waals surface area contributed by atoms with E-state index in [-0.39, 0.29) is 11.8 Å². The van der Waals surface area contributed by atoms with Gasteiger partial charge < -0.3 is 5.32 Å². The van der Waals surface area contributed by atoms with Crippen molar-refractivity contribution in [1.29, 1.82) is 0 Å². The Balaban J connectivity index is 1.61. The van der Waals surface area contributed by atoms with E-state index in [1.165, 1.54) is 11.1 Å². The molecule has 1 aliphatic rings. The smallest absolute Gasteiger partial charge is 0.223 e. The van der Waals surface area contributed by atoms with E-state index < -0.39 is 0 Å². The quantitative estimate of drug-likeness (QED) is 0.510. The van der Waals surface area contributed by atoms with Crippen molar-refractivity contribution in [2.45, 2.75) is 50.6 Å². The first-order valence-electron chi connectivity index (χ1n) is 10.2. The molecule has 1 aliphatic carbocycles. The number of halogens is 1. The van der Waals surface area contributed by atoms with Crippen molar-refractivity contribution in [2.75, 3.05) is 0 Å². The molecule has 0 aliphatic heterocycles. The first-order valence-corrected chi connectivity index (χ1v) is 11.5. The Hall–Kier alpha value is -2.31. The van der Waals surface area contributed by atoms with E-state index in [1.807, 2.05) is 29.7 Å². The third-order valence-electron chi connectivity index (χ3n) is 5.46. The highest BCUT2D eigenvalue weighted by atomic mass is 35.5. The van der Waals surface area contributed by atoms with Crippen LogP contribution in [-0.2, 0) is 17.1 Å². The molecule has 0 spiro atoms. The van der Waals surface area contributed by atoms with Gasteiger partial charge in [0.1, 0.15) is 0 Å². The topological polar surface area (TPSA) is 59.8 Å². The molecular formula is C23H25ClN4OS. The highest BCUT2D eigenvalue weighted by Gasteiger charge is 2.25. The maximum absolute atomic E-state index is 12.3. The molecule has 0 radical (unpaired) electrons. The normalized spacial score (nSPS) is 13.8. The number of aryl methyl sites for hydroxylation is 2. The molecule has 1 aromatic heterocycles. The highest BCUT2D eigenvalue weighted by molar-refractivity contribution is 7.98. The second kappa shape index (κ2) is 9.23. The molecule has 7 heteroatoms. The summed E-state index contributed by atoms with van der Waals surface area (Å²) in [4.78, 5) is 12.3. The van der Waals surface area contributed by atoms with Crippen molar-refractivity contribution < 1.29 is 4.79 Å². The summed E-state index contributed by atoms with van der Waals surface area (Å²) in [5.41, 5.74) is 4.48. The molecule has 5 nitrogen and oxygen atoms in total. The molecule has 0 saturated heterocycles. The molecule has 1 N–H and O–H groups in total. The summed E-state index contributed by atoms with van der Waals surface area (Å²) in [6.45, 7) is 4.48. The molecule has 156 valence electrons. The highest BCUT2D eigenvalue weighted by Crippen LogP contribution is 2.29. The van der Waals surface area contributed by atoms with Gasteiger partial charge in [-0.2, -0.15) is 0 Å². The second-order valence-electron chi connectivity index (χ2n) is 7.79. The largest absolute Gasteiger partial charge is 0.349 e. The van der Waals surface area contributed by atoms with Crippen molar-refractivity contribution in [1.82, 2.24) is 20.1 Å². The van der Waals surface area contributed by atoms with Crippen LogP contribution in [0.5, 0.6) is 0 Å². The van der Waals surface area contributed by atoms with Crippen LogP contribution in [0.1, 0.15) is 41.8 Å². The van der Waals surface area contributed by atoms with E-state index in [4.69, 9.17) is 11.6 Å². The first kappa shape index (κ1) is 20.9. The van der Waals surface area contributed by atoms with E-state index in [9.17, 15) is 4.79 Å². The van der Waals surface area contributed by atoms with Crippen LogP contribution in [0.15, 0.2) is 47.6 Å². The monoisotopic (exact) mass is 440 g/mol. The zero-order valence-electron chi connectivity index (χ0n) is 17.2. The van der Waals surface area contributed by atoms with Gasteiger partial charge in [0.2, 0.25) is 5.91 Å². The van der Waals surface area contributed by atoms with E-state index >= 15 is 0 Å². The van der Waals surface area contributed by atoms with Crippen LogP contribution in [0.4, 0.5) is 0 Å². The van der Waals surface area contributed by atoms with Gasteiger partial charge in [0.15, 0.2) is 11.0 Å². The van der Waals surface area contributed by atoms with Crippen molar-refractivity contribution in [3.63, 3.8) is 0 Å². The summed E-state index contributed by atoms with van der Waals surface area (Å²) >= 11 is 7.92. The fourth-order valence-electron chi connectivity index (χ4n) is 3.50. The Morgan fingerprint density at radius 3 is 2.77 bits per heavy atom.